The molecule has 0 saturated carbocycles. The molecule has 4 nitrogen and oxygen atoms in total. The highest BCUT2D eigenvalue weighted by Crippen LogP contribution is 2.40. The van der Waals surface area contributed by atoms with Gasteiger partial charge in [-0.05, 0) is 33.6 Å². The van der Waals surface area contributed by atoms with Gasteiger partial charge in [0.15, 0.2) is 0 Å². The third-order valence-electron chi connectivity index (χ3n) is 3.99. The van der Waals surface area contributed by atoms with Gasteiger partial charge in [0, 0.05) is 13.1 Å². The molecule has 2 saturated heterocycles. The second-order valence-electron chi connectivity index (χ2n) is 5.06. The van der Waals surface area contributed by atoms with Gasteiger partial charge in [-0.1, -0.05) is 6.07 Å². The number of hydrogen-bond donors (Lipinski definition) is 1. The van der Waals surface area contributed by atoms with E-state index < -0.39 is 0 Å². The van der Waals surface area contributed by atoms with E-state index in [2.05, 4.69) is 33.4 Å². The number of hydrogen-bond acceptors (Lipinski definition) is 4. The number of nitrogens with one attached hydrogen (secondary N) is 1. The molecular formula is C14H18BrNO3. The Morgan fingerprint density at radius 1 is 1.42 bits per heavy atom. The van der Waals surface area contributed by atoms with Gasteiger partial charge < -0.3 is 19.5 Å². The van der Waals surface area contributed by atoms with Gasteiger partial charge in [0.05, 0.1) is 42.9 Å². The van der Waals surface area contributed by atoms with E-state index in [0.717, 1.165) is 43.1 Å². The predicted molar refractivity (Wildman–Crippen MR) is 75.8 cm³/mol. The van der Waals surface area contributed by atoms with Crippen LogP contribution in [0.15, 0.2) is 22.7 Å². The normalized spacial score (nSPS) is 25.7. The second-order valence-corrected chi connectivity index (χ2v) is 5.92. The molecule has 0 amide bonds. The van der Waals surface area contributed by atoms with Crippen LogP contribution in [-0.2, 0) is 14.9 Å². The van der Waals surface area contributed by atoms with Crippen molar-refractivity contribution in [2.24, 2.45) is 0 Å². The van der Waals surface area contributed by atoms with Crippen LogP contribution in [0.1, 0.15) is 5.56 Å². The zero-order valence-corrected chi connectivity index (χ0v) is 12.5. The minimum absolute atomic E-state index is 0.0256. The fourth-order valence-electron chi connectivity index (χ4n) is 2.76. The van der Waals surface area contributed by atoms with Crippen LogP contribution in [0.4, 0.5) is 0 Å². The van der Waals surface area contributed by atoms with Crippen molar-refractivity contribution < 1.29 is 14.2 Å². The Kier molecular flexibility index (Phi) is 3.80. The summed E-state index contributed by atoms with van der Waals surface area (Å²) in [5, 5.41) is 3.40. The zero-order valence-electron chi connectivity index (χ0n) is 10.9. The van der Waals surface area contributed by atoms with E-state index in [1.165, 1.54) is 5.56 Å². The van der Waals surface area contributed by atoms with Crippen molar-refractivity contribution in [3.05, 3.63) is 28.2 Å². The van der Waals surface area contributed by atoms with E-state index in [0.29, 0.717) is 0 Å². The van der Waals surface area contributed by atoms with E-state index in [4.69, 9.17) is 14.2 Å². The van der Waals surface area contributed by atoms with E-state index >= 15 is 0 Å². The third-order valence-corrected chi connectivity index (χ3v) is 4.61. The monoisotopic (exact) mass is 327 g/mol. The second kappa shape index (κ2) is 5.40. The average Bonchev–Trinajstić information content (AvgIpc) is 2.39. The molecule has 19 heavy (non-hydrogen) atoms. The molecule has 1 aromatic carbocycles. The van der Waals surface area contributed by atoms with E-state index in [-0.39, 0.29) is 11.5 Å². The topological polar surface area (TPSA) is 39.7 Å². The maximum Gasteiger partial charge on any atom is 0.133 e. The molecule has 2 aliphatic heterocycles. The van der Waals surface area contributed by atoms with Crippen molar-refractivity contribution in [3.8, 4) is 5.75 Å². The Morgan fingerprint density at radius 2 is 2.26 bits per heavy atom. The minimum atomic E-state index is -0.0256. The van der Waals surface area contributed by atoms with Gasteiger partial charge in [0.25, 0.3) is 0 Å². The highest BCUT2D eigenvalue weighted by Gasteiger charge is 2.48. The molecule has 0 bridgehead atoms. The Balaban J connectivity index is 1.90. The van der Waals surface area contributed by atoms with E-state index in [1.807, 2.05) is 6.07 Å². The first-order chi connectivity index (χ1) is 9.26. The summed E-state index contributed by atoms with van der Waals surface area (Å²) in [7, 11) is 1.68. The molecule has 2 fully saturated rings. The first kappa shape index (κ1) is 13.4. The Hall–Kier alpha value is -0.620. The predicted octanol–water partition coefficient (Wildman–Crippen LogP) is 1.71. The Labute approximate surface area is 121 Å². The summed E-state index contributed by atoms with van der Waals surface area (Å²) in [6.45, 7) is 4.02. The van der Waals surface area contributed by atoms with Gasteiger partial charge in [-0.25, -0.2) is 0 Å². The lowest BCUT2D eigenvalue weighted by Gasteiger charge is -2.48. The van der Waals surface area contributed by atoms with Gasteiger partial charge in [0.1, 0.15) is 5.75 Å². The summed E-state index contributed by atoms with van der Waals surface area (Å²) in [5.41, 5.74) is 1.22. The molecule has 0 spiro atoms. The molecule has 0 aliphatic carbocycles. The van der Waals surface area contributed by atoms with Crippen molar-refractivity contribution in [1.29, 1.82) is 0 Å². The molecular weight excluding hydrogens is 310 g/mol. The number of morpholine rings is 1. The molecule has 3 rings (SSSR count). The molecule has 1 aromatic rings. The highest BCUT2D eigenvalue weighted by molar-refractivity contribution is 9.10. The van der Waals surface area contributed by atoms with Crippen LogP contribution in [0, 0.1) is 0 Å². The number of halogens is 1. The van der Waals surface area contributed by atoms with Crippen molar-refractivity contribution in [2.75, 3.05) is 40.0 Å². The van der Waals surface area contributed by atoms with Crippen LogP contribution in [0.5, 0.6) is 5.75 Å². The Morgan fingerprint density at radius 3 is 2.79 bits per heavy atom. The first-order valence-corrected chi connectivity index (χ1v) is 7.30. The lowest BCUT2D eigenvalue weighted by atomic mass is 9.73. The number of benzene rings is 1. The van der Waals surface area contributed by atoms with Crippen molar-refractivity contribution in [2.45, 2.75) is 11.5 Å². The van der Waals surface area contributed by atoms with Crippen LogP contribution < -0.4 is 10.1 Å². The van der Waals surface area contributed by atoms with Crippen molar-refractivity contribution >= 4 is 15.9 Å². The van der Waals surface area contributed by atoms with E-state index in [9.17, 15) is 0 Å². The summed E-state index contributed by atoms with van der Waals surface area (Å²) >= 11 is 3.55. The largest absolute Gasteiger partial charge is 0.496 e. The molecule has 5 heteroatoms. The average molecular weight is 328 g/mol. The lowest BCUT2D eigenvalue weighted by molar-refractivity contribution is -0.146. The third kappa shape index (κ3) is 2.29. The smallest absolute Gasteiger partial charge is 0.133 e. The van der Waals surface area contributed by atoms with Gasteiger partial charge in [-0.3, -0.25) is 0 Å². The summed E-state index contributed by atoms with van der Waals surface area (Å²) < 4.78 is 17.7. The lowest BCUT2D eigenvalue weighted by Crippen LogP contribution is -2.61. The number of rotatable bonds is 3. The summed E-state index contributed by atoms with van der Waals surface area (Å²) in [5.74, 6) is 0.849. The van der Waals surface area contributed by atoms with Gasteiger partial charge in [-0.2, -0.15) is 0 Å². The van der Waals surface area contributed by atoms with Gasteiger partial charge in [-0.15, -0.1) is 0 Å². The van der Waals surface area contributed by atoms with Gasteiger partial charge in [0.2, 0.25) is 0 Å². The fourth-order valence-corrected chi connectivity index (χ4v) is 3.30. The maximum absolute atomic E-state index is 5.95. The van der Waals surface area contributed by atoms with Crippen molar-refractivity contribution in [3.63, 3.8) is 0 Å². The Bertz CT molecular complexity index is 456. The molecule has 104 valence electrons. The number of ether oxygens (including phenoxy) is 3. The molecule has 2 heterocycles. The molecule has 0 aromatic heterocycles. The van der Waals surface area contributed by atoms with Crippen LogP contribution >= 0.6 is 15.9 Å². The molecule has 0 radical (unpaired) electrons. The molecule has 1 atom stereocenters. The SMILES string of the molecule is COc1ccc(C2(C3CNCCO3)COC2)cc1Br. The molecule has 1 unspecified atom stereocenters. The maximum atomic E-state index is 5.95. The zero-order chi connectivity index (χ0) is 13.3. The fraction of sp³-hybridized carbons (Fsp3) is 0.571. The summed E-state index contributed by atoms with van der Waals surface area (Å²) in [6.07, 6.45) is 0.176. The van der Waals surface area contributed by atoms with Gasteiger partial charge >= 0.3 is 0 Å². The van der Waals surface area contributed by atoms with Crippen LogP contribution in [0.2, 0.25) is 0 Å². The van der Waals surface area contributed by atoms with E-state index in [1.54, 1.807) is 7.11 Å². The standard InChI is InChI=1S/C14H18BrNO3/c1-17-12-3-2-10(6-11(12)15)14(8-18-9-14)13-7-16-4-5-19-13/h2-3,6,13,16H,4-5,7-9H2,1H3. The highest BCUT2D eigenvalue weighted by atomic mass is 79.9. The minimum Gasteiger partial charge on any atom is -0.496 e. The molecule has 1 N–H and O–H groups in total. The van der Waals surface area contributed by atoms with Crippen LogP contribution in [0.25, 0.3) is 0 Å². The van der Waals surface area contributed by atoms with Crippen LogP contribution in [-0.4, -0.2) is 46.1 Å². The van der Waals surface area contributed by atoms with Crippen LogP contribution in [0.3, 0.4) is 0 Å². The van der Waals surface area contributed by atoms with Crippen molar-refractivity contribution in [1.82, 2.24) is 5.32 Å². The molecule has 2 aliphatic rings. The first-order valence-electron chi connectivity index (χ1n) is 6.50. The summed E-state index contributed by atoms with van der Waals surface area (Å²) in [4.78, 5) is 0. The summed E-state index contributed by atoms with van der Waals surface area (Å²) in [6, 6.07) is 6.24. The number of methoxy groups -OCH3 is 1. The quantitative estimate of drug-likeness (QED) is 0.917.